The van der Waals surface area contributed by atoms with Crippen molar-refractivity contribution in [3.8, 4) is 10.6 Å². The predicted molar refractivity (Wildman–Crippen MR) is 84.9 cm³/mol. The van der Waals surface area contributed by atoms with Crippen molar-refractivity contribution in [2.75, 3.05) is 0 Å². The number of nitrogens with zero attached hydrogens (tertiary/aromatic N) is 2. The van der Waals surface area contributed by atoms with Crippen molar-refractivity contribution >= 4 is 17.0 Å². The zero-order valence-corrected chi connectivity index (χ0v) is 13.2. The lowest BCUT2D eigenvalue weighted by molar-refractivity contribution is -0.137. The Bertz CT molecular complexity index is 791. The molecule has 1 aliphatic carbocycles. The summed E-state index contributed by atoms with van der Waals surface area (Å²) >= 11 is 1.28. The quantitative estimate of drug-likeness (QED) is 0.785. The molecule has 1 unspecified atom stereocenters. The van der Waals surface area contributed by atoms with Crippen LogP contribution in [0.4, 0.5) is 13.2 Å². The number of rotatable bonds is 2. The van der Waals surface area contributed by atoms with E-state index in [2.05, 4.69) is 5.10 Å². The van der Waals surface area contributed by atoms with Crippen LogP contribution in [-0.2, 0) is 6.18 Å². The third-order valence-corrected chi connectivity index (χ3v) is 4.87. The van der Waals surface area contributed by atoms with Gasteiger partial charge < -0.3 is 0 Å². The van der Waals surface area contributed by atoms with Crippen molar-refractivity contribution in [3.63, 3.8) is 0 Å². The molecule has 0 radical (unpaired) electrons. The summed E-state index contributed by atoms with van der Waals surface area (Å²) in [4.78, 5) is 12.8. The summed E-state index contributed by atoms with van der Waals surface area (Å²) in [6, 6.07) is 5.03. The number of hydrogen-bond donors (Lipinski definition) is 0. The van der Waals surface area contributed by atoms with Gasteiger partial charge in [-0.1, -0.05) is 13.0 Å². The third-order valence-electron chi connectivity index (χ3n) is 3.98. The lowest BCUT2D eigenvalue weighted by atomic mass is 10.1. The third kappa shape index (κ3) is 3.24. The van der Waals surface area contributed by atoms with Crippen LogP contribution < -0.4 is 5.56 Å². The molecule has 0 saturated heterocycles. The minimum Gasteiger partial charge on any atom is -0.267 e. The maximum absolute atomic E-state index is 13.0. The topological polar surface area (TPSA) is 34.4 Å². The molecule has 1 aliphatic rings. The maximum Gasteiger partial charge on any atom is 0.416 e. The van der Waals surface area contributed by atoms with Gasteiger partial charge in [0.2, 0.25) is 0 Å². The van der Waals surface area contributed by atoms with Crippen LogP contribution in [0.1, 0.15) is 31.7 Å². The largest absolute Gasteiger partial charge is 0.416 e. The number of hydrogen-bond acceptors (Lipinski definition) is 3. The van der Waals surface area contributed by atoms with Crippen LogP contribution in [0.2, 0.25) is 0 Å². The molecule has 2 aromatic rings. The lowest BCUT2D eigenvalue weighted by Gasteiger charge is -2.13. The van der Waals surface area contributed by atoms with Crippen molar-refractivity contribution in [2.24, 2.45) is 11.0 Å². The Morgan fingerprint density at radius 3 is 2.70 bits per heavy atom. The molecule has 2 aromatic heterocycles. The SMILES string of the molecule is CC1CCCC1=Nn1c(-c2cccs2)cc(C(F)(F)F)cc1=O. The van der Waals surface area contributed by atoms with Gasteiger partial charge in [-0.2, -0.15) is 22.9 Å². The summed E-state index contributed by atoms with van der Waals surface area (Å²) in [6.07, 6.45) is -1.80. The van der Waals surface area contributed by atoms with Gasteiger partial charge >= 0.3 is 6.18 Å². The zero-order valence-electron chi connectivity index (χ0n) is 12.4. The van der Waals surface area contributed by atoms with Crippen molar-refractivity contribution < 1.29 is 13.2 Å². The highest BCUT2D eigenvalue weighted by atomic mass is 32.1. The first-order chi connectivity index (χ1) is 10.9. The van der Waals surface area contributed by atoms with Crippen molar-refractivity contribution in [1.29, 1.82) is 0 Å². The molecular formula is C16H15F3N2OS. The first-order valence-electron chi connectivity index (χ1n) is 7.32. The highest BCUT2D eigenvalue weighted by Gasteiger charge is 2.32. The fourth-order valence-electron chi connectivity index (χ4n) is 2.71. The molecule has 3 rings (SSSR count). The summed E-state index contributed by atoms with van der Waals surface area (Å²) in [5.74, 6) is 0.250. The summed E-state index contributed by atoms with van der Waals surface area (Å²) in [5, 5.41) is 6.14. The van der Waals surface area contributed by atoms with Gasteiger partial charge in [0.05, 0.1) is 16.1 Å². The van der Waals surface area contributed by atoms with Crippen LogP contribution in [0.25, 0.3) is 10.6 Å². The highest BCUT2D eigenvalue weighted by molar-refractivity contribution is 7.13. The van der Waals surface area contributed by atoms with Gasteiger partial charge in [0.1, 0.15) is 0 Å². The molecule has 0 aliphatic heterocycles. The molecular weight excluding hydrogens is 325 g/mol. The van der Waals surface area contributed by atoms with E-state index < -0.39 is 17.3 Å². The van der Waals surface area contributed by atoms with Crippen LogP contribution in [0.3, 0.4) is 0 Å². The predicted octanol–water partition coefficient (Wildman–Crippen LogP) is 4.62. The molecule has 0 bridgehead atoms. The number of alkyl halides is 3. The van der Waals surface area contributed by atoms with Crippen LogP contribution in [0.5, 0.6) is 0 Å². The van der Waals surface area contributed by atoms with Gasteiger partial charge in [0, 0.05) is 11.8 Å². The van der Waals surface area contributed by atoms with E-state index in [4.69, 9.17) is 0 Å². The monoisotopic (exact) mass is 340 g/mol. The molecule has 0 spiro atoms. The standard InChI is InChI=1S/C16H15F3N2OS/c1-10-4-2-5-12(10)20-21-13(14-6-3-7-23-14)8-11(9-15(21)22)16(17,18)19/h3,6-10H,2,4-5H2,1H3. The zero-order chi connectivity index (χ0) is 16.6. The summed E-state index contributed by atoms with van der Waals surface area (Å²) in [7, 11) is 0. The van der Waals surface area contributed by atoms with E-state index in [0.29, 0.717) is 10.9 Å². The first-order valence-corrected chi connectivity index (χ1v) is 8.20. The van der Waals surface area contributed by atoms with Gasteiger partial charge in [0.25, 0.3) is 5.56 Å². The van der Waals surface area contributed by atoms with Crippen molar-refractivity contribution in [1.82, 2.24) is 4.68 Å². The van der Waals surface area contributed by atoms with E-state index in [9.17, 15) is 18.0 Å². The maximum atomic E-state index is 13.0. The number of halogens is 3. The van der Waals surface area contributed by atoms with Crippen molar-refractivity contribution in [3.05, 3.63) is 45.6 Å². The van der Waals surface area contributed by atoms with E-state index in [-0.39, 0.29) is 11.6 Å². The first kappa shape index (κ1) is 16.0. The van der Waals surface area contributed by atoms with Gasteiger partial charge in [-0.25, -0.2) is 0 Å². The molecule has 1 fully saturated rings. The Balaban J connectivity index is 2.21. The molecule has 1 atom stereocenters. The minimum atomic E-state index is -4.56. The minimum absolute atomic E-state index is 0.187. The van der Waals surface area contributed by atoms with Gasteiger partial charge in [-0.15, -0.1) is 11.3 Å². The van der Waals surface area contributed by atoms with Crippen molar-refractivity contribution in [2.45, 2.75) is 32.4 Å². The Kier molecular flexibility index (Phi) is 4.14. The van der Waals surface area contributed by atoms with E-state index >= 15 is 0 Å². The molecule has 3 nitrogen and oxygen atoms in total. The van der Waals surface area contributed by atoms with Crippen LogP contribution in [0.15, 0.2) is 39.5 Å². The number of pyridine rings is 1. The average Bonchev–Trinajstić information content (AvgIpc) is 3.12. The second-order valence-electron chi connectivity index (χ2n) is 5.64. The Labute approximate surface area is 135 Å². The lowest BCUT2D eigenvalue weighted by Crippen LogP contribution is -2.22. The molecule has 0 amide bonds. The Hall–Kier alpha value is -1.89. The number of thiophene rings is 1. The average molecular weight is 340 g/mol. The van der Waals surface area contributed by atoms with Crippen LogP contribution in [0, 0.1) is 5.92 Å². The molecule has 0 N–H and O–H groups in total. The van der Waals surface area contributed by atoms with Gasteiger partial charge in [0.15, 0.2) is 0 Å². The summed E-state index contributed by atoms with van der Waals surface area (Å²) < 4.78 is 40.1. The second-order valence-corrected chi connectivity index (χ2v) is 6.59. The fourth-order valence-corrected chi connectivity index (χ4v) is 3.44. The second kappa shape index (κ2) is 5.96. The molecule has 0 aromatic carbocycles. The Morgan fingerprint density at radius 1 is 1.35 bits per heavy atom. The molecule has 2 heterocycles. The fraction of sp³-hybridized carbons (Fsp3) is 0.375. The molecule has 23 heavy (non-hydrogen) atoms. The molecule has 122 valence electrons. The van der Waals surface area contributed by atoms with Gasteiger partial charge in [-0.3, -0.25) is 4.79 Å². The highest BCUT2D eigenvalue weighted by Crippen LogP contribution is 2.33. The van der Waals surface area contributed by atoms with Gasteiger partial charge in [-0.05, 0) is 42.7 Å². The normalized spacial score (nSPS) is 20.3. The number of aromatic nitrogens is 1. The summed E-state index contributed by atoms with van der Waals surface area (Å²) in [6.45, 7) is 2.02. The smallest absolute Gasteiger partial charge is 0.267 e. The van der Waals surface area contributed by atoms with Crippen LogP contribution in [-0.4, -0.2) is 10.4 Å². The van der Waals surface area contributed by atoms with E-state index in [1.165, 1.54) is 11.3 Å². The van der Waals surface area contributed by atoms with Crippen LogP contribution >= 0.6 is 11.3 Å². The molecule has 7 heteroatoms. The Morgan fingerprint density at radius 2 is 2.13 bits per heavy atom. The van der Waals surface area contributed by atoms with E-state index in [0.717, 1.165) is 35.7 Å². The summed E-state index contributed by atoms with van der Waals surface area (Å²) in [5.41, 5.74) is -0.646. The molecule has 1 saturated carbocycles. The van der Waals surface area contributed by atoms with E-state index in [1.54, 1.807) is 17.5 Å². The van der Waals surface area contributed by atoms with E-state index in [1.807, 2.05) is 6.92 Å².